The first-order valence-corrected chi connectivity index (χ1v) is 5.56. The molecule has 0 spiro atoms. The number of ether oxygens (including phenoxy) is 1. The number of nitrogens with two attached hydrogens (primary N) is 1. The van der Waals surface area contributed by atoms with Crippen molar-refractivity contribution in [3.05, 3.63) is 18.2 Å². The van der Waals surface area contributed by atoms with Gasteiger partial charge in [-0.2, -0.15) is 0 Å². The quantitative estimate of drug-likeness (QED) is 0.740. The molecule has 1 aromatic heterocycles. The van der Waals surface area contributed by atoms with E-state index in [4.69, 9.17) is 10.5 Å². The van der Waals surface area contributed by atoms with Crippen LogP contribution >= 0.6 is 0 Å². The fraction of sp³-hybridized carbons (Fsp3) is 0.636. The average molecular weight is 225 g/mol. The summed E-state index contributed by atoms with van der Waals surface area (Å²) in [6, 6.07) is -0.0370. The van der Waals surface area contributed by atoms with Crippen LogP contribution in [0.4, 0.5) is 0 Å². The first kappa shape index (κ1) is 12.7. The number of esters is 1. The molecule has 1 unspecified atom stereocenters. The Morgan fingerprint density at radius 3 is 3.06 bits per heavy atom. The molecule has 0 aliphatic carbocycles. The number of rotatable bonds is 6. The van der Waals surface area contributed by atoms with Gasteiger partial charge >= 0.3 is 5.97 Å². The van der Waals surface area contributed by atoms with Gasteiger partial charge in [-0.15, -0.1) is 0 Å². The van der Waals surface area contributed by atoms with Crippen molar-refractivity contribution in [3.8, 4) is 0 Å². The molecule has 5 heteroatoms. The summed E-state index contributed by atoms with van der Waals surface area (Å²) in [6.07, 6.45) is 4.68. The van der Waals surface area contributed by atoms with Gasteiger partial charge in [0.1, 0.15) is 0 Å². The third-order valence-electron chi connectivity index (χ3n) is 2.30. The van der Waals surface area contributed by atoms with Crippen molar-refractivity contribution >= 4 is 5.97 Å². The normalized spacial score (nSPS) is 12.4. The molecule has 1 heterocycles. The van der Waals surface area contributed by atoms with Crippen LogP contribution in [0.5, 0.6) is 0 Å². The van der Waals surface area contributed by atoms with E-state index in [9.17, 15) is 4.79 Å². The first-order chi connectivity index (χ1) is 7.65. The highest BCUT2D eigenvalue weighted by molar-refractivity contribution is 5.69. The highest BCUT2D eigenvalue weighted by atomic mass is 16.5. The van der Waals surface area contributed by atoms with Gasteiger partial charge in [0.15, 0.2) is 0 Å². The minimum absolute atomic E-state index is 0.0370. The summed E-state index contributed by atoms with van der Waals surface area (Å²) in [6.45, 7) is 4.91. The van der Waals surface area contributed by atoms with Crippen LogP contribution in [0.15, 0.2) is 12.5 Å². The van der Waals surface area contributed by atoms with Crippen LogP contribution in [0.25, 0.3) is 0 Å². The fourth-order valence-corrected chi connectivity index (χ4v) is 1.52. The van der Waals surface area contributed by atoms with Gasteiger partial charge in [-0.25, -0.2) is 4.98 Å². The SMILES string of the molecule is CCOC(=O)CCCn1cncc1C(C)N. The Labute approximate surface area is 95.6 Å². The van der Waals surface area contributed by atoms with Gasteiger partial charge < -0.3 is 15.0 Å². The molecule has 0 bridgehead atoms. The van der Waals surface area contributed by atoms with Gasteiger partial charge in [0.05, 0.1) is 18.6 Å². The van der Waals surface area contributed by atoms with E-state index in [0.29, 0.717) is 13.0 Å². The zero-order chi connectivity index (χ0) is 12.0. The Kier molecular flexibility index (Phi) is 4.98. The molecule has 1 rings (SSSR count). The van der Waals surface area contributed by atoms with E-state index in [0.717, 1.165) is 18.7 Å². The second kappa shape index (κ2) is 6.27. The second-order valence-electron chi connectivity index (χ2n) is 3.71. The summed E-state index contributed by atoms with van der Waals surface area (Å²) in [5, 5.41) is 0. The summed E-state index contributed by atoms with van der Waals surface area (Å²) in [7, 11) is 0. The highest BCUT2D eigenvalue weighted by Crippen LogP contribution is 2.09. The van der Waals surface area contributed by atoms with Crippen molar-refractivity contribution in [1.29, 1.82) is 0 Å². The molecule has 5 nitrogen and oxygen atoms in total. The molecule has 1 aromatic rings. The van der Waals surface area contributed by atoms with E-state index in [2.05, 4.69) is 4.98 Å². The molecule has 0 aromatic carbocycles. The largest absolute Gasteiger partial charge is 0.466 e. The summed E-state index contributed by atoms with van der Waals surface area (Å²) >= 11 is 0. The minimum atomic E-state index is -0.148. The van der Waals surface area contributed by atoms with Gasteiger partial charge in [0.2, 0.25) is 0 Å². The number of hydrogen-bond donors (Lipinski definition) is 1. The van der Waals surface area contributed by atoms with Crippen LogP contribution in [-0.4, -0.2) is 22.1 Å². The predicted octanol–water partition coefficient (Wildman–Crippen LogP) is 1.25. The molecule has 0 radical (unpaired) electrons. The predicted molar refractivity (Wildman–Crippen MR) is 60.7 cm³/mol. The Morgan fingerprint density at radius 1 is 1.69 bits per heavy atom. The maximum Gasteiger partial charge on any atom is 0.305 e. The van der Waals surface area contributed by atoms with Gasteiger partial charge in [-0.05, 0) is 20.3 Å². The third kappa shape index (κ3) is 3.66. The van der Waals surface area contributed by atoms with Crippen LogP contribution in [0.3, 0.4) is 0 Å². The van der Waals surface area contributed by atoms with Crippen molar-refractivity contribution in [3.63, 3.8) is 0 Å². The summed E-state index contributed by atoms with van der Waals surface area (Å²) in [5.74, 6) is -0.148. The molecule has 0 amide bonds. The van der Waals surface area contributed by atoms with Crippen LogP contribution in [0, 0.1) is 0 Å². The lowest BCUT2D eigenvalue weighted by atomic mass is 10.2. The molecule has 0 saturated carbocycles. The minimum Gasteiger partial charge on any atom is -0.466 e. The van der Waals surface area contributed by atoms with Crippen LogP contribution < -0.4 is 5.73 Å². The number of nitrogens with zero attached hydrogens (tertiary/aromatic N) is 2. The smallest absolute Gasteiger partial charge is 0.305 e. The average Bonchev–Trinajstić information content (AvgIpc) is 2.66. The van der Waals surface area contributed by atoms with Crippen molar-refractivity contribution in [1.82, 2.24) is 9.55 Å². The third-order valence-corrected chi connectivity index (χ3v) is 2.30. The number of imidazole rings is 1. The zero-order valence-corrected chi connectivity index (χ0v) is 9.85. The summed E-state index contributed by atoms with van der Waals surface area (Å²) in [5.41, 5.74) is 6.78. The lowest BCUT2D eigenvalue weighted by Crippen LogP contribution is -2.13. The Hall–Kier alpha value is -1.36. The lowest BCUT2D eigenvalue weighted by molar-refractivity contribution is -0.143. The summed E-state index contributed by atoms with van der Waals surface area (Å²) < 4.78 is 6.83. The zero-order valence-electron chi connectivity index (χ0n) is 9.85. The molecule has 90 valence electrons. The molecule has 0 aliphatic heterocycles. The van der Waals surface area contributed by atoms with E-state index in [1.54, 1.807) is 12.5 Å². The number of hydrogen-bond acceptors (Lipinski definition) is 4. The molecular weight excluding hydrogens is 206 g/mol. The molecule has 0 fully saturated rings. The van der Waals surface area contributed by atoms with Gasteiger partial charge in [0.25, 0.3) is 0 Å². The highest BCUT2D eigenvalue weighted by Gasteiger charge is 2.07. The maximum absolute atomic E-state index is 11.1. The van der Waals surface area contributed by atoms with Crippen molar-refractivity contribution in [2.45, 2.75) is 39.3 Å². The van der Waals surface area contributed by atoms with Crippen molar-refractivity contribution in [2.24, 2.45) is 5.73 Å². The number of aromatic nitrogens is 2. The van der Waals surface area contributed by atoms with E-state index in [1.807, 2.05) is 18.4 Å². The van der Waals surface area contributed by atoms with Crippen LogP contribution in [0.1, 0.15) is 38.4 Å². The van der Waals surface area contributed by atoms with E-state index >= 15 is 0 Å². The van der Waals surface area contributed by atoms with Crippen molar-refractivity contribution < 1.29 is 9.53 Å². The first-order valence-electron chi connectivity index (χ1n) is 5.56. The Balaban J connectivity index is 2.37. The van der Waals surface area contributed by atoms with Crippen molar-refractivity contribution in [2.75, 3.05) is 6.61 Å². The van der Waals surface area contributed by atoms with Gasteiger partial charge in [-0.1, -0.05) is 0 Å². The van der Waals surface area contributed by atoms with E-state index < -0.39 is 0 Å². The van der Waals surface area contributed by atoms with Crippen LogP contribution in [-0.2, 0) is 16.1 Å². The van der Waals surface area contributed by atoms with E-state index in [1.165, 1.54) is 0 Å². The molecule has 16 heavy (non-hydrogen) atoms. The molecule has 0 aliphatic rings. The van der Waals surface area contributed by atoms with Gasteiger partial charge in [0, 0.05) is 25.2 Å². The Bertz CT molecular complexity index is 334. The number of aryl methyl sites for hydroxylation is 1. The maximum atomic E-state index is 11.1. The molecule has 2 N–H and O–H groups in total. The second-order valence-corrected chi connectivity index (χ2v) is 3.71. The summed E-state index contributed by atoms with van der Waals surface area (Å²) in [4.78, 5) is 15.2. The molecular formula is C11H19N3O2. The van der Waals surface area contributed by atoms with Crippen LogP contribution in [0.2, 0.25) is 0 Å². The Morgan fingerprint density at radius 2 is 2.44 bits per heavy atom. The topological polar surface area (TPSA) is 70.1 Å². The van der Waals surface area contributed by atoms with E-state index in [-0.39, 0.29) is 12.0 Å². The number of carbonyl (C=O) groups excluding carboxylic acids is 1. The molecule has 0 saturated heterocycles. The standard InChI is InChI=1S/C11H19N3O2/c1-3-16-11(15)5-4-6-14-8-13-7-10(14)9(2)12/h7-9H,3-6,12H2,1-2H3. The monoisotopic (exact) mass is 225 g/mol. The number of carbonyl (C=O) groups is 1. The lowest BCUT2D eigenvalue weighted by Gasteiger charge is -2.10. The van der Waals surface area contributed by atoms with Gasteiger partial charge in [-0.3, -0.25) is 4.79 Å². The molecule has 1 atom stereocenters. The fourth-order valence-electron chi connectivity index (χ4n) is 1.52.